The lowest BCUT2D eigenvalue weighted by Crippen LogP contribution is -2.14. The van der Waals surface area contributed by atoms with E-state index >= 15 is 0 Å². The molecule has 0 saturated heterocycles. The van der Waals surface area contributed by atoms with E-state index in [4.69, 9.17) is 19.3 Å². The molecule has 0 bridgehead atoms. The first-order chi connectivity index (χ1) is 15.5. The number of esters is 4. The summed E-state index contributed by atoms with van der Waals surface area (Å²) in [6, 6.07) is 0. The molecule has 9 nitrogen and oxygen atoms in total. The molecule has 0 saturated carbocycles. The van der Waals surface area contributed by atoms with Crippen LogP contribution in [0.5, 0.6) is 0 Å². The Morgan fingerprint density at radius 1 is 0.788 bits per heavy atom. The normalized spacial score (nSPS) is 10.3. The molecular weight excluding hydrogens is 432 g/mol. The van der Waals surface area contributed by atoms with Crippen LogP contribution in [0.1, 0.15) is 47.0 Å². The number of rotatable bonds is 14. The fourth-order valence-corrected chi connectivity index (χ4v) is 1.59. The Labute approximate surface area is 195 Å². The average Bonchev–Trinajstić information content (AvgIpc) is 2.77. The van der Waals surface area contributed by atoms with Crippen molar-refractivity contribution < 1.29 is 43.2 Å². The summed E-state index contributed by atoms with van der Waals surface area (Å²) in [7, 11) is 0. The summed E-state index contributed by atoms with van der Waals surface area (Å²) in [4.78, 5) is 45.0. The largest absolute Gasteiger partial charge is 0.462 e. The predicted octanol–water partition coefficient (Wildman–Crippen LogP) is 2.98. The molecule has 0 aliphatic heterocycles. The van der Waals surface area contributed by atoms with Crippen LogP contribution < -0.4 is 0 Å². The van der Waals surface area contributed by atoms with Crippen molar-refractivity contribution in [1.82, 2.24) is 0 Å². The van der Waals surface area contributed by atoms with Gasteiger partial charge < -0.3 is 24.1 Å². The first kappa shape index (κ1) is 32.1. The molecule has 0 aromatic heterocycles. The minimum Gasteiger partial charge on any atom is -0.462 e. The van der Waals surface area contributed by atoms with Crippen LogP contribution in [0.4, 0.5) is 0 Å². The van der Waals surface area contributed by atoms with Crippen molar-refractivity contribution in [2.24, 2.45) is 0 Å². The van der Waals surface area contributed by atoms with Crippen molar-refractivity contribution in [3.8, 4) is 0 Å². The lowest BCUT2D eigenvalue weighted by Gasteiger charge is -2.05. The summed E-state index contributed by atoms with van der Waals surface area (Å²) in [6.07, 6.45) is 3.36. The van der Waals surface area contributed by atoms with E-state index in [1.165, 1.54) is 19.9 Å². The highest BCUT2D eigenvalue weighted by Crippen LogP contribution is 2.08. The fraction of sp³-hybridized carbons (Fsp3) is 0.500. The number of allylic oxidation sites excluding steroid dienone is 1. The second kappa shape index (κ2) is 19.6. The SMILES string of the molecule is C=C(C)C(=O)OC(=O)C(C)=CCC(=C)C(=O)OCCCC.C=C(C)C(=O)OCCOCCO. The third-order valence-electron chi connectivity index (χ3n) is 3.58. The lowest BCUT2D eigenvalue weighted by atomic mass is 10.1. The van der Waals surface area contributed by atoms with Gasteiger partial charge in [-0.15, -0.1) is 0 Å². The molecule has 0 aromatic carbocycles. The van der Waals surface area contributed by atoms with Gasteiger partial charge in [-0.3, -0.25) is 0 Å². The van der Waals surface area contributed by atoms with E-state index in [-0.39, 0.29) is 43.0 Å². The molecule has 0 heterocycles. The Hall–Kier alpha value is -3.04. The van der Waals surface area contributed by atoms with Crippen molar-refractivity contribution in [2.75, 3.05) is 33.0 Å². The minimum absolute atomic E-state index is 0.0194. The van der Waals surface area contributed by atoms with Crippen molar-refractivity contribution in [1.29, 1.82) is 0 Å². The van der Waals surface area contributed by atoms with E-state index in [0.29, 0.717) is 18.8 Å². The van der Waals surface area contributed by atoms with Gasteiger partial charge in [0, 0.05) is 22.3 Å². The predicted molar refractivity (Wildman–Crippen MR) is 123 cm³/mol. The molecular formula is C24H36O9. The molecule has 0 radical (unpaired) electrons. The van der Waals surface area contributed by atoms with Crippen LogP contribution in [0.2, 0.25) is 0 Å². The molecule has 0 aliphatic rings. The zero-order chi connectivity index (χ0) is 25.8. The molecule has 0 aromatic rings. The van der Waals surface area contributed by atoms with Crippen LogP contribution in [0.25, 0.3) is 0 Å². The molecule has 9 heteroatoms. The van der Waals surface area contributed by atoms with E-state index in [1.54, 1.807) is 6.92 Å². The van der Waals surface area contributed by atoms with Gasteiger partial charge in [0.2, 0.25) is 0 Å². The van der Waals surface area contributed by atoms with E-state index in [0.717, 1.165) is 12.8 Å². The van der Waals surface area contributed by atoms with Gasteiger partial charge >= 0.3 is 23.9 Å². The van der Waals surface area contributed by atoms with Crippen LogP contribution in [0, 0.1) is 0 Å². The van der Waals surface area contributed by atoms with Crippen LogP contribution in [-0.2, 0) is 38.1 Å². The number of carbonyl (C=O) groups excluding carboxylic acids is 4. The van der Waals surface area contributed by atoms with Crippen LogP contribution in [0.15, 0.2) is 48.1 Å². The number of carbonyl (C=O) groups is 4. The summed E-state index contributed by atoms with van der Waals surface area (Å²) >= 11 is 0. The summed E-state index contributed by atoms with van der Waals surface area (Å²) in [6.45, 7) is 18.0. The zero-order valence-electron chi connectivity index (χ0n) is 20.1. The van der Waals surface area contributed by atoms with Gasteiger partial charge in [-0.1, -0.05) is 39.2 Å². The summed E-state index contributed by atoms with van der Waals surface area (Å²) in [5.74, 6) is -2.44. The maximum Gasteiger partial charge on any atom is 0.341 e. The van der Waals surface area contributed by atoms with Gasteiger partial charge in [0.25, 0.3) is 0 Å². The molecule has 186 valence electrons. The summed E-state index contributed by atoms with van der Waals surface area (Å²) in [5, 5.41) is 8.32. The van der Waals surface area contributed by atoms with E-state index in [9.17, 15) is 19.2 Å². The quantitative estimate of drug-likeness (QED) is 0.135. The summed E-state index contributed by atoms with van der Waals surface area (Å²) in [5.41, 5.74) is 0.966. The fourth-order valence-electron chi connectivity index (χ4n) is 1.59. The Bertz CT molecular complexity index is 732. The molecule has 0 aliphatic carbocycles. The topological polar surface area (TPSA) is 125 Å². The Morgan fingerprint density at radius 3 is 1.88 bits per heavy atom. The van der Waals surface area contributed by atoms with Gasteiger partial charge in [-0.05, 0) is 33.6 Å². The smallest absolute Gasteiger partial charge is 0.341 e. The zero-order valence-corrected chi connectivity index (χ0v) is 20.1. The van der Waals surface area contributed by atoms with Crippen LogP contribution in [-0.4, -0.2) is 62.0 Å². The first-order valence-corrected chi connectivity index (χ1v) is 10.4. The minimum atomic E-state index is -0.773. The molecule has 0 rings (SSSR count). The Kier molecular flexibility index (Phi) is 19.1. The van der Waals surface area contributed by atoms with Gasteiger partial charge in [0.1, 0.15) is 6.61 Å². The third kappa shape index (κ3) is 18.3. The maximum absolute atomic E-state index is 11.6. The lowest BCUT2D eigenvalue weighted by molar-refractivity contribution is -0.154. The molecule has 33 heavy (non-hydrogen) atoms. The van der Waals surface area contributed by atoms with Gasteiger partial charge in [0.05, 0.1) is 26.4 Å². The molecule has 0 atom stereocenters. The van der Waals surface area contributed by atoms with Gasteiger partial charge in [-0.2, -0.15) is 0 Å². The van der Waals surface area contributed by atoms with E-state index in [1.807, 2.05) is 6.92 Å². The number of unbranched alkanes of at least 4 members (excludes halogenated alkanes) is 1. The number of ether oxygens (including phenoxy) is 4. The Morgan fingerprint density at radius 2 is 1.36 bits per heavy atom. The first-order valence-electron chi connectivity index (χ1n) is 10.4. The summed E-state index contributed by atoms with van der Waals surface area (Å²) < 4.78 is 19.1. The second-order valence-electron chi connectivity index (χ2n) is 6.89. The van der Waals surface area contributed by atoms with Gasteiger partial charge in [0.15, 0.2) is 0 Å². The number of hydrogen-bond donors (Lipinski definition) is 1. The monoisotopic (exact) mass is 468 g/mol. The number of aliphatic hydroxyl groups is 1. The van der Waals surface area contributed by atoms with Crippen LogP contribution in [0.3, 0.4) is 0 Å². The van der Waals surface area contributed by atoms with Crippen LogP contribution >= 0.6 is 0 Å². The molecule has 0 fully saturated rings. The van der Waals surface area contributed by atoms with Crippen molar-refractivity contribution in [2.45, 2.75) is 47.0 Å². The highest BCUT2D eigenvalue weighted by molar-refractivity contribution is 6.01. The standard InChI is InChI=1S/C16H22O5.C8H14O4/c1-6-7-10-20-15(18)12(4)8-9-13(5)16(19)21-14(17)11(2)3;1-7(2)8(10)12-6-5-11-4-3-9/h9H,2,4,6-8,10H2,1,3,5H3;9H,1,3-6H2,2H3. The molecule has 0 unspecified atom stereocenters. The molecule has 0 spiro atoms. The van der Waals surface area contributed by atoms with Gasteiger partial charge in [-0.25, -0.2) is 19.2 Å². The van der Waals surface area contributed by atoms with E-state index < -0.39 is 23.9 Å². The highest BCUT2D eigenvalue weighted by Gasteiger charge is 2.13. The average molecular weight is 469 g/mol. The van der Waals surface area contributed by atoms with Crippen molar-refractivity contribution >= 4 is 23.9 Å². The third-order valence-corrected chi connectivity index (χ3v) is 3.58. The number of hydrogen-bond acceptors (Lipinski definition) is 9. The maximum atomic E-state index is 11.6. The van der Waals surface area contributed by atoms with Crippen molar-refractivity contribution in [3.63, 3.8) is 0 Å². The second-order valence-corrected chi connectivity index (χ2v) is 6.89. The highest BCUT2D eigenvalue weighted by atomic mass is 16.6. The van der Waals surface area contributed by atoms with Crippen molar-refractivity contribution in [3.05, 3.63) is 48.1 Å². The molecule has 1 N–H and O–H groups in total. The van der Waals surface area contributed by atoms with E-state index in [2.05, 4.69) is 24.5 Å². The molecule has 0 amide bonds. The Balaban J connectivity index is 0. The number of aliphatic hydroxyl groups excluding tert-OH is 1.